The van der Waals surface area contributed by atoms with E-state index in [0.29, 0.717) is 0 Å². The van der Waals surface area contributed by atoms with Gasteiger partial charge in [0, 0.05) is 56.8 Å². The Morgan fingerprint density at radius 2 is 0.891 bits per heavy atom. The van der Waals surface area contributed by atoms with Gasteiger partial charge in [-0.05, 0) is 101 Å². The van der Waals surface area contributed by atoms with Crippen molar-refractivity contribution < 1.29 is 0 Å². The maximum atomic E-state index is 2.40. The Morgan fingerprint density at radius 1 is 0.370 bits per heavy atom. The summed E-state index contributed by atoms with van der Waals surface area (Å²) in [6.07, 6.45) is 0. The third-order valence-corrected chi connectivity index (χ3v) is 12.3. The summed E-state index contributed by atoms with van der Waals surface area (Å²) in [6.45, 7) is 0. The molecule has 1 aliphatic heterocycles. The average molecular weight is 642 g/mol. The van der Waals surface area contributed by atoms with E-state index in [-0.39, 0.29) is 0 Å². The summed E-state index contributed by atoms with van der Waals surface area (Å²) in [5, 5.41) is 2.64. The number of anilines is 3. The van der Waals surface area contributed by atoms with Crippen molar-refractivity contribution >= 4 is 72.1 Å². The zero-order chi connectivity index (χ0) is 30.5. The van der Waals surface area contributed by atoms with E-state index in [1.807, 2.05) is 34.9 Å². The number of hydrogen-bond donors (Lipinski definition) is 0. The zero-order valence-electron chi connectivity index (χ0n) is 24.8. The van der Waals surface area contributed by atoms with Crippen LogP contribution in [-0.2, 0) is 0 Å². The molecule has 2 heterocycles. The molecule has 9 rings (SSSR count). The highest BCUT2D eigenvalue weighted by atomic mass is 32.2. The molecule has 7 aromatic carbocycles. The molecule has 8 aromatic rings. The molecule has 4 heteroatoms. The van der Waals surface area contributed by atoms with Gasteiger partial charge in [-0.2, -0.15) is 0 Å². The van der Waals surface area contributed by atoms with Crippen molar-refractivity contribution in [1.29, 1.82) is 0 Å². The smallest absolute Gasteiger partial charge is 0.0462 e. The Labute approximate surface area is 281 Å². The molecule has 0 atom stereocenters. The lowest BCUT2D eigenvalue weighted by atomic mass is 10.00. The van der Waals surface area contributed by atoms with E-state index in [0.717, 1.165) is 17.1 Å². The Balaban J connectivity index is 1.09. The van der Waals surface area contributed by atoms with Crippen molar-refractivity contribution in [2.75, 3.05) is 4.90 Å². The van der Waals surface area contributed by atoms with Crippen LogP contribution in [0.3, 0.4) is 0 Å². The first-order valence-corrected chi connectivity index (χ1v) is 17.8. The first kappa shape index (κ1) is 27.6. The molecule has 0 fully saturated rings. The number of hydrogen-bond acceptors (Lipinski definition) is 4. The Bertz CT molecular complexity index is 2320. The molecule has 0 bridgehead atoms. The van der Waals surface area contributed by atoms with Gasteiger partial charge in [0.2, 0.25) is 0 Å². The fraction of sp³-hybridized carbons (Fsp3) is 0. The number of para-hydroxylation sites is 2. The second-order valence-corrected chi connectivity index (χ2v) is 14.6. The molecule has 1 nitrogen and oxygen atoms in total. The van der Waals surface area contributed by atoms with Crippen molar-refractivity contribution in [2.45, 2.75) is 19.6 Å². The van der Waals surface area contributed by atoms with Gasteiger partial charge in [0.05, 0.1) is 0 Å². The normalized spacial score (nSPS) is 12.2. The predicted molar refractivity (Wildman–Crippen MR) is 200 cm³/mol. The SMILES string of the molecule is c1ccc(N(c2ccccc2)c2ccc(-c3ccc4sc5ccc(-c6cccc7c6Sc6ccccc6S7)cc5c4c3)cc2)cc1. The number of rotatable bonds is 5. The van der Waals surface area contributed by atoms with E-state index in [4.69, 9.17) is 0 Å². The van der Waals surface area contributed by atoms with Crippen LogP contribution in [0.15, 0.2) is 183 Å². The molecular formula is C42H27NS3. The largest absolute Gasteiger partial charge is 0.311 e. The molecule has 0 aliphatic carbocycles. The van der Waals surface area contributed by atoms with Gasteiger partial charge in [0.1, 0.15) is 0 Å². The average Bonchev–Trinajstić information content (AvgIpc) is 3.49. The van der Waals surface area contributed by atoms with Gasteiger partial charge in [-0.3, -0.25) is 0 Å². The van der Waals surface area contributed by atoms with Gasteiger partial charge in [-0.25, -0.2) is 0 Å². The van der Waals surface area contributed by atoms with E-state index in [2.05, 4.69) is 169 Å². The first-order chi connectivity index (χ1) is 22.8. The second-order valence-electron chi connectivity index (χ2n) is 11.4. The molecule has 0 saturated heterocycles. The van der Waals surface area contributed by atoms with Crippen LogP contribution in [0.2, 0.25) is 0 Å². The quantitative estimate of drug-likeness (QED) is 0.184. The topological polar surface area (TPSA) is 3.24 Å². The number of benzene rings is 7. The molecule has 0 amide bonds. The predicted octanol–water partition coefficient (Wildman–Crippen LogP) is 13.5. The summed E-state index contributed by atoms with van der Waals surface area (Å²) in [5.41, 5.74) is 8.45. The van der Waals surface area contributed by atoms with Crippen molar-refractivity contribution in [3.05, 3.63) is 164 Å². The maximum absolute atomic E-state index is 2.40. The van der Waals surface area contributed by atoms with Gasteiger partial charge >= 0.3 is 0 Å². The van der Waals surface area contributed by atoms with Crippen LogP contribution in [0.1, 0.15) is 0 Å². The minimum Gasteiger partial charge on any atom is -0.311 e. The maximum Gasteiger partial charge on any atom is 0.0462 e. The third kappa shape index (κ3) is 4.90. The van der Waals surface area contributed by atoms with E-state index >= 15 is 0 Å². The van der Waals surface area contributed by atoms with Crippen molar-refractivity contribution in [3.8, 4) is 22.3 Å². The van der Waals surface area contributed by atoms with Gasteiger partial charge in [0.25, 0.3) is 0 Å². The van der Waals surface area contributed by atoms with Crippen LogP contribution in [0.25, 0.3) is 42.4 Å². The molecule has 0 radical (unpaired) electrons. The molecular weight excluding hydrogens is 615 g/mol. The van der Waals surface area contributed by atoms with Crippen molar-refractivity contribution in [2.24, 2.45) is 0 Å². The summed E-state index contributed by atoms with van der Waals surface area (Å²) >= 11 is 5.64. The van der Waals surface area contributed by atoms with Gasteiger partial charge in [-0.15, -0.1) is 11.3 Å². The van der Waals surface area contributed by atoms with Crippen LogP contribution in [0.5, 0.6) is 0 Å². The summed E-state index contributed by atoms with van der Waals surface area (Å²) in [7, 11) is 0. The summed E-state index contributed by atoms with van der Waals surface area (Å²) in [4.78, 5) is 7.66. The van der Waals surface area contributed by atoms with E-state index in [1.54, 1.807) is 0 Å². The molecule has 46 heavy (non-hydrogen) atoms. The van der Waals surface area contributed by atoms with Crippen molar-refractivity contribution in [3.63, 3.8) is 0 Å². The van der Waals surface area contributed by atoms with Crippen LogP contribution >= 0.6 is 34.9 Å². The molecule has 0 saturated carbocycles. The Hall–Kier alpha value is -4.74. The fourth-order valence-electron chi connectivity index (χ4n) is 6.30. The van der Waals surface area contributed by atoms with Crippen LogP contribution in [0.4, 0.5) is 17.1 Å². The highest BCUT2D eigenvalue weighted by Crippen LogP contribution is 2.52. The fourth-order valence-corrected chi connectivity index (χ4v) is 9.77. The minimum atomic E-state index is 1.14. The van der Waals surface area contributed by atoms with Crippen molar-refractivity contribution in [1.82, 2.24) is 0 Å². The van der Waals surface area contributed by atoms with E-state index in [9.17, 15) is 0 Å². The molecule has 1 aliphatic rings. The monoisotopic (exact) mass is 641 g/mol. The lowest BCUT2D eigenvalue weighted by Gasteiger charge is -2.25. The van der Waals surface area contributed by atoms with Crippen LogP contribution in [-0.4, -0.2) is 0 Å². The summed E-state index contributed by atoms with van der Waals surface area (Å²) < 4.78 is 2.64. The van der Waals surface area contributed by atoms with E-state index < -0.39 is 0 Å². The number of thiophene rings is 1. The lowest BCUT2D eigenvalue weighted by Crippen LogP contribution is -2.09. The summed E-state index contributed by atoms with van der Waals surface area (Å²) in [5.74, 6) is 0. The first-order valence-electron chi connectivity index (χ1n) is 15.3. The highest BCUT2D eigenvalue weighted by molar-refractivity contribution is 8.05. The molecule has 0 unspecified atom stereocenters. The standard InChI is InChI=1S/C42H27NS3/c1-3-10-31(11-4-1)43(32-12-5-2-6-13-32)33-22-18-28(19-23-33)29-20-24-37-35(26-29)36-27-30(21-25-38(36)44-37)34-14-9-17-41-42(34)46-40-16-8-7-15-39(40)45-41/h1-27H. The van der Waals surface area contributed by atoms with Gasteiger partial charge in [-0.1, -0.05) is 108 Å². The number of fused-ring (bicyclic) bond motifs is 5. The molecule has 218 valence electrons. The second kappa shape index (κ2) is 11.6. The molecule has 1 aromatic heterocycles. The van der Waals surface area contributed by atoms with Gasteiger partial charge in [0.15, 0.2) is 0 Å². The third-order valence-electron chi connectivity index (χ3n) is 8.53. The summed E-state index contributed by atoms with van der Waals surface area (Å²) in [6, 6.07) is 59.5. The Kier molecular flexibility index (Phi) is 6.93. The molecule has 0 N–H and O–H groups in total. The molecule has 0 spiro atoms. The Morgan fingerprint density at radius 3 is 1.57 bits per heavy atom. The van der Waals surface area contributed by atoms with Crippen LogP contribution in [0, 0.1) is 0 Å². The minimum absolute atomic E-state index is 1.14. The highest BCUT2D eigenvalue weighted by Gasteiger charge is 2.21. The van der Waals surface area contributed by atoms with Crippen LogP contribution < -0.4 is 4.90 Å². The van der Waals surface area contributed by atoms with Gasteiger partial charge < -0.3 is 4.90 Å². The lowest BCUT2D eigenvalue weighted by molar-refractivity contribution is 1.16. The number of nitrogens with zero attached hydrogens (tertiary/aromatic N) is 1. The van der Waals surface area contributed by atoms with E-state index in [1.165, 1.54) is 62.0 Å². The zero-order valence-corrected chi connectivity index (χ0v) is 27.2.